The molecule has 0 aliphatic carbocycles. The van der Waals surface area contributed by atoms with Crippen molar-refractivity contribution in [3.8, 4) is 5.75 Å². The summed E-state index contributed by atoms with van der Waals surface area (Å²) in [6.07, 6.45) is 0. The molecule has 1 aromatic heterocycles. The van der Waals surface area contributed by atoms with Gasteiger partial charge >= 0.3 is 0 Å². The van der Waals surface area contributed by atoms with E-state index in [1.807, 2.05) is 25.1 Å². The largest absolute Gasteiger partial charge is 0.494 e. The molecule has 1 saturated heterocycles. The van der Waals surface area contributed by atoms with Crippen LogP contribution in [0.3, 0.4) is 0 Å². The zero-order valence-electron chi connectivity index (χ0n) is 15.7. The summed E-state index contributed by atoms with van der Waals surface area (Å²) in [5.74, 6) is 1.00. The average Bonchev–Trinajstić information content (AvgIpc) is 3.08. The second-order valence-electron chi connectivity index (χ2n) is 6.90. The Kier molecular flexibility index (Phi) is 5.53. The molecule has 0 saturated carbocycles. The first-order valence-corrected chi connectivity index (χ1v) is 10.6. The molecule has 0 amide bonds. The van der Waals surface area contributed by atoms with Gasteiger partial charge in [-0.3, -0.25) is 4.90 Å². The van der Waals surface area contributed by atoms with Crippen molar-refractivity contribution in [2.24, 2.45) is 0 Å². The van der Waals surface area contributed by atoms with Crippen molar-refractivity contribution in [3.05, 3.63) is 52.5 Å². The summed E-state index contributed by atoms with van der Waals surface area (Å²) in [4.78, 5) is 9.66. The molecule has 0 N–H and O–H groups in total. The number of ether oxygens (including phenoxy) is 1. The lowest BCUT2D eigenvalue weighted by Crippen LogP contribution is -2.45. The number of nitrogens with zero attached hydrogens (tertiary/aromatic N) is 3. The minimum Gasteiger partial charge on any atom is -0.494 e. The van der Waals surface area contributed by atoms with E-state index in [9.17, 15) is 0 Å². The fourth-order valence-corrected chi connectivity index (χ4v) is 4.72. The number of benzene rings is 2. The molecule has 0 bridgehead atoms. The molecule has 0 spiro atoms. The van der Waals surface area contributed by atoms with Gasteiger partial charge in [0.05, 0.1) is 16.8 Å². The van der Waals surface area contributed by atoms with Crippen molar-refractivity contribution >= 4 is 38.3 Å². The van der Waals surface area contributed by atoms with Gasteiger partial charge in [0, 0.05) is 37.7 Å². The highest BCUT2D eigenvalue weighted by atomic mass is 35.5. The molecule has 4 rings (SSSR count). The molecular weight excluding hydrogens is 378 g/mol. The van der Waals surface area contributed by atoms with Gasteiger partial charge in [0.1, 0.15) is 5.75 Å². The van der Waals surface area contributed by atoms with Crippen LogP contribution in [0.15, 0.2) is 36.4 Å². The first-order valence-electron chi connectivity index (χ1n) is 9.38. The fraction of sp³-hybridized carbons (Fsp3) is 0.381. The minimum absolute atomic E-state index is 0.705. The highest BCUT2D eigenvalue weighted by molar-refractivity contribution is 7.22. The summed E-state index contributed by atoms with van der Waals surface area (Å²) in [6.45, 7) is 9.86. The van der Waals surface area contributed by atoms with Gasteiger partial charge in [-0.25, -0.2) is 4.98 Å². The van der Waals surface area contributed by atoms with Crippen LogP contribution in [0.2, 0.25) is 5.02 Å². The van der Waals surface area contributed by atoms with Gasteiger partial charge in [-0.05, 0) is 49.2 Å². The SMILES string of the molecule is CCOc1cc(CN2CCN(c3nc4ccc(Cl)cc4s3)CC2)ccc1C. The molecular formula is C21H24ClN3OS. The molecule has 0 atom stereocenters. The molecule has 0 radical (unpaired) electrons. The first kappa shape index (κ1) is 18.5. The van der Waals surface area contributed by atoms with Gasteiger partial charge < -0.3 is 9.64 Å². The topological polar surface area (TPSA) is 28.6 Å². The zero-order valence-corrected chi connectivity index (χ0v) is 17.3. The van der Waals surface area contributed by atoms with Crippen LogP contribution in [-0.4, -0.2) is 42.7 Å². The lowest BCUT2D eigenvalue weighted by molar-refractivity contribution is 0.249. The van der Waals surface area contributed by atoms with E-state index in [1.54, 1.807) is 11.3 Å². The van der Waals surface area contributed by atoms with Crippen LogP contribution in [0.1, 0.15) is 18.1 Å². The predicted octanol–water partition coefficient (Wildman–Crippen LogP) is 4.98. The van der Waals surface area contributed by atoms with Crippen molar-refractivity contribution in [3.63, 3.8) is 0 Å². The summed E-state index contributed by atoms with van der Waals surface area (Å²) in [7, 11) is 0. The second-order valence-corrected chi connectivity index (χ2v) is 8.35. The Morgan fingerprint density at radius 3 is 2.70 bits per heavy atom. The van der Waals surface area contributed by atoms with Gasteiger partial charge in [-0.15, -0.1) is 0 Å². The van der Waals surface area contributed by atoms with E-state index in [1.165, 1.54) is 11.1 Å². The fourth-order valence-electron chi connectivity index (χ4n) is 3.43. The number of piperazine rings is 1. The molecule has 1 fully saturated rings. The smallest absolute Gasteiger partial charge is 0.186 e. The summed E-state index contributed by atoms with van der Waals surface area (Å²) in [5, 5.41) is 1.87. The Balaban J connectivity index is 1.39. The summed E-state index contributed by atoms with van der Waals surface area (Å²) < 4.78 is 6.89. The van der Waals surface area contributed by atoms with E-state index in [0.29, 0.717) is 6.61 Å². The monoisotopic (exact) mass is 401 g/mol. The molecule has 0 unspecified atom stereocenters. The van der Waals surface area contributed by atoms with Gasteiger partial charge in [-0.2, -0.15) is 0 Å². The summed E-state index contributed by atoms with van der Waals surface area (Å²) in [5.41, 5.74) is 3.54. The maximum atomic E-state index is 6.10. The van der Waals surface area contributed by atoms with Crippen molar-refractivity contribution in [2.75, 3.05) is 37.7 Å². The van der Waals surface area contributed by atoms with Crippen molar-refractivity contribution in [1.29, 1.82) is 0 Å². The third kappa shape index (κ3) is 4.21. The summed E-state index contributed by atoms with van der Waals surface area (Å²) in [6, 6.07) is 12.5. The summed E-state index contributed by atoms with van der Waals surface area (Å²) >= 11 is 7.83. The maximum absolute atomic E-state index is 6.10. The van der Waals surface area contributed by atoms with Gasteiger partial charge in [-0.1, -0.05) is 35.1 Å². The molecule has 2 aromatic carbocycles. The third-order valence-corrected chi connectivity index (χ3v) is 6.25. The lowest BCUT2D eigenvalue weighted by Gasteiger charge is -2.34. The number of anilines is 1. The molecule has 1 aliphatic rings. The molecule has 27 heavy (non-hydrogen) atoms. The Hall–Kier alpha value is -1.82. The number of fused-ring (bicyclic) bond motifs is 1. The third-order valence-electron chi connectivity index (χ3n) is 4.94. The number of halogens is 1. The Bertz CT molecular complexity index is 934. The standard InChI is InChI=1S/C21H24ClN3OS/c1-3-26-19-12-16(5-4-15(19)2)14-24-8-10-25(11-9-24)21-23-18-7-6-17(22)13-20(18)27-21/h4-7,12-13H,3,8-11,14H2,1-2H3. The lowest BCUT2D eigenvalue weighted by atomic mass is 10.1. The molecule has 3 aromatic rings. The van der Waals surface area contributed by atoms with Gasteiger partial charge in [0.2, 0.25) is 0 Å². The number of aryl methyl sites for hydroxylation is 1. The Morgan fingerprint density at radius 2 is 1.93 bits per heavy atom. The van der Waals surface area contributed by atoms with E-state index in [2.05, 4.69) is 34.9 Å². The molecule has 142 valence electrons. The van der Waals surface area contributed by atoms with Crippen LogP contribution in [-0.2, 0) is 6.54 Å². The predicted molar refractivity (Wildman–Crippen MR) is 114 cm³/mol. The number of aromatic nitrogens is 1. The van der Waals surface area contributed by atoms with Gasteiger partial charge in [0.25, 0.3) is 0 Å². The van der Waals surface area contributed by atoms with E-state index in [0.717, 1.165) is 58.8 Å². The molecule has 2 heterocycles. The minimum atomic E-state index is 0.705. The Labute approximate surface area is 169 Å². The first-order chi connectivity index (χ1) is 13.1. The van der Waals surface area contributed by atoms with Crippen LogP contribution in [0.25, 0.3) is 10.2 Å². The normalized spacial score (nSPS) is 15.4. The molecule has 1 aliphatic heterocycles. The van der Waals surface area contributed by atoms with Crippen molar-refractivity contribution in [2.45, 2.75) is 20.4 Å². The Morgan fingerprint density at radius 1 is 1.11 bits per heavy atom. The number of hydrogen-bond acceptors (Lipinski definition) is 5. The van der Waals surface area contributed by atoms with Crippen molar-refractivity contribution in [1.82, 2.24) is 9.88 Å². The second kappa shape index (κ2) is 8.05. The van der Waals surface area contributed by atoms with Crippen LogP contribution in [0.5, 0.6) is 5.75 Å². The molecule has 4 nitrogen and oxygen atoms in total. The zero-order chi connectivity index (χ0) is 18.8. The number of hydrogen-bond donors (Lipinski definition) is 0. The van der Waals surface area contributed by atoms with E-state index in [-0.39, 0.29) is 0 Å². The highest BCUT2D eigenvalue weighted by Crippen LogP contribution is 2.31. The van der Waals surface area contributed by atoms with Crippen LogP contribution in [0.4, 0.5) is 5.13 Å². The average molecular weight is 402 g/mol. The van der Waals surface area contributed by atoms with Gasteiger partial charge in [0.15, 0.2) is 5.13 Å². The van der Waals surface area contributed by atoms with Crippen LogP contribution < -0.4 is 9.64 Å². The van der Waals surface area contributed by atoms with Crippen LogP contribution in [0, 0.1) is 6.92 Å². The number of thiazole rings is 1. The quantitative estimate of drug-likeness (QED) is 0.602. The van der Waals surface area contributed by atoms with E-state index < -0.39 is 0 Å². The van der Waals surface area contributed by atoms with E-state index >= 15 is 0 Å². The van der Waals surface area contributed by atoms with Crippen LogP contribution >= 0.6 is 22.9 Å². The number of rotatable bonds is 5. The van der Waals surface area contributed by atoms with E-state index in [4.69, 9.17) is 21.3 Å². The van der Waals surface area contributed by atoms with Crippen molar-refractivity contribution < 1.29 is 4.74 Å². The molecule has 6 heteroatoms. The highest BCUT2D eigenvalue weighted by Gasteiger charge is 2.20. The maximum Gasteiger partial charge on any atom is 0.186 e.